The lowest BCUT2D eigenvalue weighted by Gasteiger charge is -2.09. The number of sulfonamides is 1. The molecule has 0 aliphatic rings. The fourth-order valence-electron chi connectivity index (χ4n) is 1.00. The molecule has 0 saturated heterocycles. The van der Waals surface area contributed by atoms with Crippen LogP contribution in [0.15, 0.2) is 17.2 Å². The van der Waals surface area contributed by atoms with Crippen LogP contribution in [0.5, 0.6) is 0 Å². The van der Waals surface area contributed by atoms with Crippen molar-refractivity contribution in [3.63, 3.8) is 0 Å². The third kappa shape index (κ3) is 2.66. The van der Waals surface area contributed by atoms with Crippen LogP contribution in [0, 0.1) is 6.92 Å². The first kappa shape index (κ1) is 11.9. The predicted octanol–water partition coefficient (Wildman–Crippen LogP) is 1.06. The highest BCUT2D eigenvalue weighted by atomic mass is 32.2. The summed E-state index contributed by atoms with van der Waals surface area (Å²) in [5.74, 6) is 0. The van der Waals surface area contributed by atoms with Crippen molar-refractivity contribution in [1.29, 1.82) is 0 Å². The zero-order valence-corrected chi connectivity index (χ0v) is 8.35. The zero-order valence-electron chi connectivity index (χ0n) is 7.54. The molecule has 2 N–H and O–H groups in total. The molecule has 0 aliphatic carbocycles. The molecular formula is C7H7F3N2O2S. The summed E-state index contributed by atoms with van der Waals surface area (Å²) in [5.41, 5.74) is -1.40. The van der Waals surface area contributed by atoms with Gasteiger partial charge < -0.3 is 0 Å². The van der Waals surface area contributed by atoms with Gasteiger partial charge in [0, 0.05) is 6.20 Å². The molecule has 4 nitrogen and oxygen atoms in total. The highest BCUT2D eigenvalue weighted by molar-refractivity contribution is 7.89. The smallest absolute Gasteiger partial charge is 0.250 e. The van der Waals surface area contributed by atoms with Crippen molar-refractivity contribution < 1.29 is 21.6 Å². The number of primary sulfonamides is 1. The molecular weight excluding hydrogens is 233 g/mol. The Hall–Kier alpha value is -1.15. The molecule has 1 heterocycles. The van der Waals surface area contributed by atoms with Gasteiger partial charge >= 0.3 is 6.18 Å². The maximum atomic E-state index is 12.2. The standard InChI is InChI=1S/C7H7F3N2O2S/c1-4-2-5(15(11,13)14)3-12-6(4)7(8,9)10/h2-3H,1H3,(H2,11,13,14). The molecule has 0 spiro atoms. The maximum absolute atomic E-state index is 12.2. The molecule has 1 aromatic rings. The number of halogens is 3. The fraction of sp³-hybridized carbons (Fsp3) is 0.286. The summed E-state index contributed by atoms with van der Waals surface area (Å²) in [5, 5.41) is 4.74. The number of nitrogens with zero attached hydrogens (tertiary/aromatic N) is 1. The summed E-state index contributed by atoms with van der Waals surface area (Å²) in [6.45, 7) is 1.12. The largest absolute Gasteiger partial charge is 0.433 e. The Labute approximate surface area is 84.0 Å². The highest BCUT2D eigenvalue weighted by Gasteiger charge is 2.34. The minimum Gasteiger partial charge on any atom is -0.250 e. The quantitative estimate of drug-likeness (QED) is 0.797. The molecule has 1 rings (SSSR count). The van der Waals surface area contributed by atoms with Crippen LogP contribution in [-0.2, 0) is 16.2 Å². The van der Waals surface area contributed by atoms with Gasteiger partial charge in [0.15, 0.2) is 0 Å². The van der Waals surface area contributed by atoms with Gasteiger partial charge in [-0.3, -0.25) is 4.98 Å². The lowest BCUT2D eigenvalue weighted by Crippen LogP contribution is -2.16. The van der Waals surface area contributed by atoms with Crippen molar-refractivity contribution in [3.8, 4) is 0 Å². The Morgan fingerprint density at radius 1 is 1.40 bits per heavy atom. The summed E-state index contributed by atoms with van der Waals surface area (Å²) in [7, 11) is -4.02. The number of hydrogen-bond acceptors (Lipinski definition) is 3. The molecule has 0 amide bonds. The fourth-order valence-corrected chi connectivity index (χ4v) is 1.54. The Bertz CT molecular complexity index is 481. The second-order valence-electron chi connectivity index (χ2n) is 2.88. The van der Waals surface area contributed by atoms with E-state index >= 15 is 0 Å². The summed E-state index contributed by atoms with van der Waals surface area (Å²) >= 11 is 0. The van der Waals surface area contributed by atoms with E-state index in [0.29, 0.717) is 6.20 Å². The molecule has 0 aliphatic heterocycles. The molecule has 0 unspecified atom stereocenters. The number of alkyl halides is 3. The van der Waals surface area contributed by atoms with E-state index in [1.54, 1.807) is 0 Å². The van der Waals surface area contributed by atoms with Crippen LogP contribution in [0.4, 0.5) is 13.2 Å². The van der Waals surface area contributed by atoms with E-state index in [4.69, 9.17) is 5.14 Å². The molecule has 8 heteroatoms. The first-order chi connectivity index (χ1) is 6.62. The van der Waals surface area contributed by atoms with E-state index in [9.17, 15) is 21.6 Å². The lowest BCUT2D eigenvalue weighted by atomic mass is 10.2. The summed E-state index contributed by atoms with van der Waals surface area (Å²) < 4.78 is 58.3. The van der Waals surface area contributed by atoms with E-state index in [-0.39, 0.29) is 5.56 Å². The van der Waals surface area contributed by atoms with Crippen molar-refractivity contribution in [2.75, 3.05) is 0 Å². The Kier molecular flexibility index (Phi) is 2.75. The van der Waals surface area contributed by atoms with Gasteiger partial charge in [-0.05, 0) is 18.6 Å². The van der Waals surface area contributed by atoms with Crippen molar-refractivity contribution in [3.05, 3.63) is 23.5 Å². The second-order valence-corrected chi connectivity index (χ2v) is 4.44. The maximum Gasteiger partial charge on any atom is 0.433 e. The number of aryl methyl sites for hydroxylation is 1. The average Bonchev–Trinajstić information content (AvgIpc) is 1.99. The van der Waals surface area contributed by atoms with Crippen molar-refractivity contribution in [2.24, 2.45) is 5.14 Å². The second kappa shape index (κ2) is 3.46. The summed E-state index contributed by atoms with van der Waals surface area (Å²) in [6, 6.07) is 0.838. The van der Waals surface area contributed by atoms with Gasteiger partial charge in [0.05, 0.1) is 0 Å². The number of hydrogen-bond donors (Lipinski definition) is 1. The normalized spacial score (nSPS) is 12.9. The topological polar surface area (TPSA) is 73.1 Å². The molecule has 0 bridgehead atoms. The van der Waals surface area contributed by atoms with Gasteiger partial charge in [-0.1, -0.05) is 0 Å². The van der Waals surface area contributed by atoms with E-state index in [2.05, 4.69) is 4.98 Å². The Balaban J connectivity index is 3.34. The van der Waals surface area contributed by atoms with Crippen molar-refractivity contribution in [2.45, 2.75) is 18.0 Å². The van der Waals surface area contributed by atoms with Crippen LogP contribution < -0.4 is 5.14 Å². The first-order valence-corrected chi connectivity index (χ1v) is 5.23. The molecule has 0 saturated carbocycles. The van der Waals surface area contributed by atoms with Crippen LogP contribution in [0.3, 0.4) is 0 Å². The SMILES string of the molecule is Cc1cc(S(N)(=O)=O)cnc1C(F)(F)F. The van der Waals surface area contributed by atoms with E-state index in [0.717, 1.165) is 13.0 Å². The minimum atomic E-state index is -4.60. The van der Waals surface area contributed by atoms with Gasteiger partial charge in [-0.25, -0.2) is 13.6 Å². The van der Waals surface area contributed by atoms with Crippen LogP contribution in [-0.4, -0.2) is 13.4 Å². The number of rotatable bonds is 1. The number of aromatic nitrogens is 1. The van der Waals surface area contributed by atoms with Crippen LogP contribution in [0.1, 0.15) is 11.3 Å². The van der Waals surface area contributed by atoms with Crippen LogP contribution >= 0.6 is 0 Å². The Morgan fingerprint density at radius 3 is 2.27 bits per heavy atom. The van der Waals surface area contributed by atoms with Crippen molar-refractivity contribution in [1.82, 2.24) is 4.98 Å². The molecule has 0 aromatic carbocycles. The van der Waals surface area contributed by atoms with E-state index in [1.165, 1.54) is 0 Å². The van der Waals surface area contributed by atoms with Gasteiger partial charge in [0.2, 0.25) is 10.0 Å². The van der Waals surface area contributed by atoms with Gasteiger partial charge in [0.25, 0.3) is 0 Å². The van der Waals surface area contributed by atoms with Crippen LogP contribution in [0.25, 0.3) is 0 Å². The molecule has 84 valence electrons. The van der Waals surface area contributed by atoms with Gasteiger partial charge in [-0.15, -0.1) is 0 Å². The molecule has 1 aromatic heterocycles. The first-order valence-electron chi connectivity index (χ1n) is 3.69. The number of pyridine rings is 1. The summed E-state index contributed by atoms with van der Waals surface area (Å²) in [6.07, 6.45) is -4.01. The molecule has 0 atom stereocenters. The predicted molar refractivity (Wildman–Crippen MR) is 45.3 cm³/mol. The lowest BCUT2D eigenvalue weighted by molar-refractivity contribution is -0.141. The number of nitrogens with two attached hydrogens (primary N) is 1. The van der Waals surface area contributed by atoms with E-state index < -0.39 is 26.8 Å². The minimum absolute atomic E-state index is 0.283. The monoisotopic (exact) mass is 240 g/mol. The molecule has 0 radical (unpaired) electrons. The van der Waals surface area contributed by atoms with Gasteiger partial charge in [0.1, 0.15) is 10.6 Å². The Morgan fingerprint density at radius 2 is 1.93 bits per heavy atom. The van der Waals surface area contributed by atoms with Gasteiger partial charge in [-0.2, -0.15) is 13.2 Å². The highest BCUT2D eigenvalue weighted by Crippen LogP contribution is 2.30. The summed E-state index contributed by atoms with van der Waals surface area (Å²) in [4.78, 5) is 2.59. The zero-order chi connectivity index (χ0) is 11.9. The van der Waals surface area contributed by atoms with Crippen LogP contribution in [0.2, 0.25) is 0 Å². The van der Waals surface area contributed by atoms with E-state index in [1.807, 2.05) is 0 Å². The third-order valence-electron chi connectivity index (χ3n) is 1.65. The average molecular weight is 240 g/mol. The molecule has 15 heavy (non-hydrogen) atoms. The third-order valence-corrected chi connectivity index (χ3v) is 2.53. The molecule has 0 fully saturated rings. The van der Waals surface area contributed by atoms with Crippen molar-refractivity contribution >= 4 is 10.0 Å².